The van der Waals surface area contributed by atoms with Gasteiger partial charge in [-0.25, -0.2) is 9.78 Å². The van der Waals surface area contributed by atoms with Crippen molar-refractivity contribution in [2.75, 3.05) is 0 Å². The molecule has 0 radical (unpaired) electrons. The van der Waals surface area contributed by atoms with Crippen LogP contribution in [0.4, 0.5) is 0 Å². The Morgan fingerprint density at radius 1 is 1.45 bits per heavy atom. The van der Waals surface area contributed by atoms with Gasteiger partial charge in [-0.3, -0.25) is 14.2 Å². The predicted molar refractivity (Wildman–Crippen MR) is 80.2 cm³/mol. The fourth-order valence-corrected chi connectivity index (χ4v) is 3.28. The molecule has 0 spiro atoms. The number of nitrogens with zero attached hydrogens (tertiary/aromatic N) is 2. The van der Waals surface area contributed by atoms with E-state index in [0.717, 1.165) is 16.2 Å². The summed E-state index contributed by atoms with van der Waals surface area (Å²) in [7, 11) is 0. The van der Waals surface area contributed by atoms with Gasteiger partial charge >= 0.3 is 11.7 Å². The largest absolute Gasteiger partial charge is 0.481 e. The van der Waals surface area contributed by atoms with E-state index in [-0.39, 0.29) is 6.42 Å². The highest BCUT2D eigenvalue weighted by atomic mass is 32.1. The molecular formula is C14H9N3O4S. The van der Waals surface area contributed by atoms with Crippen LogP contribution in [0.3, 0.4) is 0 Å². The number of aromatic nitrogens is 3. The number of hydrogen-bond acceptors (Lipinski definition) is 5. The highest BCUT2D eigenvalue weighted by Crippen LogP contribution is 2.28. The molecule has 22 heavy (non-hydrogen) atoms. The summed E-state index contributed by atoms with van der Waals surface area (Å²) < 4.78 is 6.91. The minimum atomic E-state index is -0.914. The molecule has 4 aromatic rings. The molecule has 8 heteroatoms. The summed E-state index contributed by atoms with van der Waals surface area (Å²) in [6, 6.07) is 5.41. The van der Waals surface area contributed by atoms with Crippen LogP contribution in [0, 0.1) is 0 Å². The number of nitrogens with one attached hydrogen (secondary N) is 1. The number of imidazole rings is 1. The van der Waals surface area contributed by atoms with E-state index in [0.29, 0.717) is 16.8 Å². The molecule has 0 amide bonds. The van der Waals surface area contributed by atoms with E-state index in [1.807, 2.05) is 15.8 Å². The number of fused-ring (bicyclic) bond motifs is 2. The number of H-pyrrole nitrogens is 1. The van der Waals surface area contributed by atoms with E-state index in [1.165, 1.54) is 11.3 Å². The number of aliphatic carboxylic acids is 1. The summed E-state index contributed by atoms with van der Waals surface area (Å²) in [4.78, 5) is 29.6. The molecule has 0 bridgehead atoms. The number of oxazole rings is 1. The van der Waals surface area contributed by atoms with Crippen molar-refractivity contribution in [1.29, 1.82) is 0 Å². The van der Waals surface area contributed by atoms with E-state index >= 15 is 0 Å². The minimum absolute atomic E-state index is 0.112. The molecule has 7 nitrogen and oxygen atoms in total. The van der Waals surface area contributed by atoms with E-state index in [9.17, 15) is 9.59 Å². The molecule has 0 fully saturated rings. The van der Waals surface area contributed by atoms with Crippen LogP contribution in [0.2, 0.25) is 0 Å². The van der Waals surface area contributed by atoms with Crippen molar-refractivity contribution in [3.63, 3.8) is 0 Å². The average Bonchev–Trinajstić information content (AvgIpc) is 3.09. The predicted octanol–water partition coefficient (Wildman–Crippen LogP) is 2.12. The van der Waals surface area contributed by atoms with Gasteiger partial charge in [0.15, 0.2) is 10.5 Å². The second-order valence-corrected chi connectivity index (χ2v) is 5.64. The summed E-state index contributed by atoms with van der Waals surface area (Å²) in [6.45, 7) is 0. The Kier molecular flexibility index (Phi) is 2.67. The molecular weight excluding hydrogens is 306 g/mol. The van der Waals surface area contributed by atoms with Crippen molar-refractivity contribution in [3.8, 4) is 11.3 Å². The molecule has 3 heterocycles. The van der Waals surface area contributed by atoms with E-state index in [2.05, 4.69) is 9.97 Å². The number of hydrogen-bond donors (Lipinski definition) is 2. The Morgan fingerprint density at radius 2 is 2.32 bits per heavy atom. The lowest BCUT2D eigenvalue weighted by Gasteiger charge is -1.99. The van der Waals surface area contributed by atoms with E-state index in [1.54, 1.807) is 18.3 Å². The van der Waals surface area contributed by atoms with Gasteiger partial charge < -0.3 is 9.52 Å². The Balaban J connectivity index is 1.85. The Bertz CT molecular complexity index is 1070. The second kappa shape index (κ2) is 4.57. The lowest BCUT2D eigenvalue weighted by atomic mass is 10.1. The summed E-state index contributed by atoms with van der Waals surface area (Å²) in [5.74, 6) is -1.41. The number of aromatic amines is 1. The zero-order chi connectivity index (χ0) is 15.3. The molecule has 3 aromatic heterocycles. The molecule has 0 unspecified atom stereocenters. The maximum atomic E-state index is 11.2. The van der Waals surface area contributed by atoms with E-state index < -0.39 is 11.7 Å². The lowest BCUT2D eigenvalue weighted by Crippen LogP contribution is -1.99. The highest BCUT2D eigenvalue weighted by Gasteiger charge is 2.13. The van der Waals surface area contributed by atoms with Crippen LogP contribution in [-0.2, 0) is 11.2 Å². The monoisotopic (exact) mass is 315 g/mol. The smallest absolute Gasteiger partial charge is 0.417 e. The topological polar surface area (TPSA) is 101 Å². The minimum Gasteiger partial charge on any atom is -0.481 e. The van der Waals surface area contributed by atoms with Crippen molar-refractivity contribution in [2.45, 2.75) is 6.42 Å². The van der Waals surface area contributed by atoms with Crippen LogP contribution < -0.4 is 5.76 Å². The van der Waals surface area contributed by atoms with Gasteiger partial charge in [0.05, 0.1) is 23.3 Å². The summed E-state index contributed by atoms with van der Waals surface area (Å²) >= 11 is 1.43. The number of thiazole rings is 1. The van der Waals surface area contributed by atoms with Crippen LogP contribution in [0.25, 0.3) is 27.3 Å². The average molecular weight is 315 g/mol. The van der Waals surface area contributed by atoms with Crippen molar-refractivity contribution in [2.24, 2.45) is 0 Å². The third-order valence-electron chi connectivity index (χ3n) is 3.31. The molecule has 0 atom stereocenters. The van der Waals surface area contributed by atoms with Crippen molar-refractivity contribution in [1.82, 2.24) is 14.4 Å². The SMILES string of the molecule is O=C(O)Cc1cn2c(-c3ccc4[nH]c(=O)oc4c3)csc2n1. The molecule has 0 aliphatic heterocycles. The number of carbonyl (C=O) groups is 1. The molecule has 1 aromatic carbocycles. The van der Waals surface area contributed by atoms with Gasteiger partial charge in [0.25, 0.3) is 0 Å². The Hall–Kier alpha value is -2.87. The zero-order valence-electron chi connectivity index (χ0n) is 11.1. The summed E-state index contributed by atoms with van der Waals surface area (Å²) in [6.07, 6.45) is 1.60. The molecule has 0 saturated carbocycles. The fraction of sp³-hybridized carbons (Fsp3) is 0.0714. The summed E-state index contributed by atoms with van der Waals surface area (Å²) in [5, 5.41) is 10.8. The fourth-order valence-electron chi connectivity index (χ4n) is 2.38. The molecule has 0 aliphatic rings. The first-order valence-electron chi connectivity index (χ1n) is 6.41. The van der Waals surface area contributed by atoms with Gasteiger partial charge in [-0.15, -0.1) is 11.3 Å². The third kappa shape index (κ3) is 2.01. The molecule has 2 N–H and O–H groups in total. The zero-order valence-corrected chi connectivity index (χ0v) is 11.9. The third-order valence-corrected chi connectivity index (χ3v) is 4.15. The maximum Gasteiger partial charge on any atom is 0.417 e. The number of carboxylic acids is 1. The quantitative estimate of drug-likeness (QED) is 0.603. The Morgan fingerprint density at radius 3 is 3.14 bits per heavy atom. The maximum absolute atomic E-state index is 11.2. The number of carboxylic acid groups (broad SMARTS) is 1. The van der Waals surface area contributed by atoms with Gasteiger partial charge in [-0.1, -0.05) is 6.07 Å². The Labute approximate surface area is 126 Å². The van der Waals surface area contributed by atoms with Crippen LogP contribution in [0.15, 0.2) is 39.0 Å². The van der Waals surface area contributed by atoms with Gasteiger partial charge in [0.1, 0.15) is 0 Å². The first-order valence-corrected chi connectivity index (χ1v) is 7.28. The van der Waals surface area contributed by atoms with Gasteiger partial charge in [0, 0.05) is 17.1 Å². The molecule has 110 valence electrons. The number of benzene rings is 1. The standard InChI is InChI=1S/C14H9N3O4S/c18-12(19)4-8-5-17-10(6-22-13(17)15-8)7-1-2-9-11(3-7)21-14(20)16-9/h1-3,5-6H,4H2,(H,16,20)(H,18,19). The van der Waals surface area contributed by atoms with Crippen LogP contribution >= 0.6 is 11.3 Å². The van der Waals surface area contributed by atoms with Crippen LogP contribution in [0.1, 0.15) is 5.69 Å². The lowest BCUT2D eigenvalue weighted by molar-refractivity contribution is -0.136. The molecule has 0 aliphatic carbocycles. The van der Waals surface area contributed by atoms with Crippen LogP contribution in [-0.4, -0.2) is 25.4 Å². The van der Waals surface area contributed by atoms with Crippen molar-refractivity contribution < 1.29 is 14.3 Å². The first kappa shape index (κ1) is 12.8. The second-order valence-electron chi connectivity index (χ2n) is 4.80. The van der Waals surface area contributed by atoms with Crippen LogP contribution in [0.5, 0.6) is 0 Å². The first-order chi connectivity index (χ1) is 10.6. The number of rotatable bonds is 3. The summed E-state index contributed by atoms with van der Waals surface area (Å²) in [5.41, 5.74) is 3.36. The normalized spacial score (nSPS) is 11.5. The van der Waals surface area contributed by atoms with Crippen molar-refractivity contribution >= 4 is 33.4 Å². The highest BCUT2D eigenvalue weighted by molar-refractivity contribution is 7.15. The molecule has 4 rings (SSSR count). The van der Waals surface area contributed by atoms with Gasteiger partial charge in [0.2, 0.25) is 0 Å². The van der Waals surface area contributed by atoms with Gasteiger partial charge in [-0.05, 0) is 12.1 Å². The van der Waals surface area contributed by atoms with Gasteiger partial charge in [-0.2, -0.15) is 0 Å². The van der Waals surface area contributed by atoms with Crippen molar-refractivity contribution in [3.05, 3.63) is 46.0 Å². The molecule has 0 saturated heterocycles. The van der Waals surface area contributed by atoms with E-state index in [4.69, 9.17) is 9.52 Å².